The fourth-order valence-corrected chi connectivity index (χ4v) is 2.08. The zero-order valence-electron chi connectivity index (χ0n) is 10.9. The van der Waals surface area contributed by atoms with Crippen molar-refractivity contribution in [3.63, 3.8) is 0 Å². The van der Waals surface area contributed by atoms with Gasteiger partial charge in [-0.05, 0) is 24.3 Å². The zero-order chi connectivity index (χ0) is 14.8. The summed E-state index contributed by atoms with van der Waals surface area (Å²) in [4.78, 5) is 21.8. The summed E-state index contributed by atoms with van der Waals surface area (Å²) in [6.07, 6.45) is 0.384. The molecule has 0 bridgehead atoms. The third kappa shape index (κ3) is 2.69. The number of nitro groups is 1. The predicted molar refractivity (Wildman–Crippen MR) is 74.1 cm³/mol. The lowest BCUT2D eigenvalue weighted by Crippen LogP contribution is -2.14. The monoisotopic (exact) mass is 285 g/mol. The van der Waals surface area contributed by atoms with Crippen LogP contribution < -0.4 is 9.47 Å². The molecule has 1 aliphatic heterocycles. The summed E-state index contributed by atoms with van der Waals surface area (Å²) in [5.74, 6) is 1.55. The molecule has 0 spiro atoms. The largest absolute Gasteiger partial charge is 0.492 e. The van der Waals surface area contributed by atoms with E-state index in [1.54, 1.807) is 18.2 Å². The minimum absolute atomic E-state index is 0.00159. The van der Waals surface area contributed by atoms with E-state index in [1.165, 1.54) is 24.3 Å². The lowest BCUT2D eigenvalue weighted by Gasteiger charge is -2.17. The lowest BCUT2D eigenvalue weighted by molar-refractivity contribution is -0.384. The summed E-state index contributed by atoms with van der Waals surface area (Å²) in [6.45, 7) is 0.368. The Labute approximate surface area is 120 Å². The number of ketones is 1. The van der Waals surface area contributed by atoms with Gasteiger partial charge in [0, 0.05) is 24.6 Å². The molecule has 106 valence electrons. The number of carbonyl (C=O) groups is 1. The quantitative estimate of drug-likeness (QED) is 0.638. The maximum Gasteiger partial charge on any atom is 0.269 e. The number of non-ortho nitro benzene ring substituents is 1. The molecule has 6 nitrogen and oxygen atoms in total. The van der Waals surface area contributed by atoms with Gasteiger partial charge < -0.3 is 9.47 Å². The number of rotatable bonds is 3. The van der Waals surface area contributed by atoms with Gasteiger partial charge in [0.15, 0.2) is 5.78 Å². The molecule has 0 saturated heterocycles. The van der Waals surface area contributed by atoms with Crippen molar-refractivity contribution in [2.75, 3.05) is 6.61 Å². The normalized spacial score (nSPS) is 13.2. The van der Waals surface area contributed by atoms with Crippen molar-refractivity contribution in [1.82, 2.24) is 0 Å². The molecule has 0 fully saturated rings. The molecule has 2 aromatic rings. The summed E-state index contributed by atoms with van der Waals surface area (Å²) in [5, 5.41) is 10.6. The van der Waals surface area contributed by atoms with Crippen molar-refractivity contribution in [3.8, 4) is 17.2 Å². The number of hydrogen-bond acceptors (Lipinski definition) is 5. The van der Waals surface area contributed by atoms with Gasteiger partial charge in [-0.15, -0.1) is 0 Å². The van der Waals surface area contributed by atoms with Crippen molar-refractivity contribution < 1.29 is 19.2 Å². The second-order valence-corrected chi connectivity index (χ2v) is 4.53. The summed E-state index contributed by atoms with van der Waals surface area (Å²) in [7, 11) is 0. The van der Waals surface area contributed by atoms with E-state index >= 15 is 0 Å². The van der Waals surface area contributed by atoms with Crippen molar-refractivity contribution in [1.29, 1.82) is 0 Å². The topological polar surface area (TPSA) is 78.7 Å². The first kappa shape index (κ1) is 13.1. The van der Waals surface area contributed by atoms with Gasteiger partial charge in [0.05, 0.1) is 17.1 Å². The van der Waals surface area contributed by atoms with Crippen molar-refractivity contribution in [2.45, 2.75) is 6.42 Å². The minimum Gasteiger partial charge on any atom is -0.492 e. The Hall–Kier alpha value is -2.89. The maximum absolute atomic E-state index is 11.7. The van der Waals surface area contributed by atoms with Crippen LogP contribution in [-0.4, -0.2) is 17.3 Å². The van der Waals surface area contributed by atoms with Gasteiger partial charge in [0.25, 0.3) is 5.69 Å². The van der Waals surface area contributed by atoms with E-state index in [4.69, 9.17) is 9.47 Å². The second-order valence-electron chi connectivity index (χ2n) is 4.53. The van der Waals surface area contributed by atoms with Gasteiger partial charge in [-0.1, -0.05) is 0 Å². The number of nitrogens with zero attached hydrogens (tertiary/aromatic N) is 1. The van der Waals surface area contributed by atoms with E-state index < -0.39 is 4.92 Å². The number of hydrogen-bond donors (Lipinski definition) is 0. The molecule has 0 aromatic heterocycles. The van der Waals surface area contributed by atoms with Crippen LogP contribution in [0.1, 0.15) is 16.8 Å². The van der Waals surface area contributed by atoms with Gasteiger partial charge in [-0.3, -0.25) is 14.9 Å². The number of benzene rings is 2. The smallest absolute Gasteiger partial charge is 0.269 e. The SMILES string of the molecule is O=C1CCOc2cc(Oc3ccc([N+](=O)[O-])cc3)ccc21. The maximum atomic E-state index is 11.7. The number of carbonyl (C=O) groups excluding carboxylic acids is 1. The second kappa shape index (κ2) is 5.24. The van der Waals surface area contributed by atoms with Gasteiger partial charge >= 0.3 is 0 Å². The minimum atomic E-state index is -0.470. The van der Waals surface area contributed by atoms with E-state index in [0.29, 0.717) is 35.8 Å². The first-order valence-corrected chi connectivity index (χ1v) is 6.36. The highest BCUT2D eigenvalue weighted by Gasteiger charge is 2.18. The Bertz CT molecular complexity index is 709. The van der Waals surface area contributed by atoms with Crippen LogP contribution >= 0.6 is 0 Å². The predicted octanol–water partition coefficient (Wildman–Crippen LogP) is 3.35. The number of ether oxygens (including phenoxy) is 2. The molecule has 21 heavy (non-hydrogen) atoms. The summed E-state index contributed by atoms with van der Waals surface area (Å²) in [6, 6.07) is 10.8. The van der Waals surface area contributed by atoms with Crippen LogP contribution in [0.2, 0.25) is 0 Å². The van der Waals surface area contributed by atoms with Crippen LogP contribution in [0.15, 0.2) is 42.5 Å². The molecule has 0 unspecified atom stereocenters. The molecule has 1 heterocycles. The van der Waals surface area contributed by atoms with Crippen LogP contribution in [0, 0.1) is 10.1 Å². The molecule has 6 heteroatoms. The molecule has 0 N–H and O–H groups in total. The Morgan fingerprint density at radius 2 is 1.81 bits per heavy atom. The molecule has 0 saturated carbocycles. The van der Waals surface area contributed by atoms with Crippen LogP contribution in [0.3, 0.4) is 0 Å². The van der Waals surface area contributed by atoms with Crippen LogP contribution in [0.25, 0.3) is 0 Å². The van der Waals surface area contributed by atoms with Gasteiger partial charge in [-0.2, -0.15) is 0 Å². The van der Waals surface area contributed by atoms with Crippen LogP contribution in [0.4, 0.5) is 5.69 Å². The highest BCUT2D eigenvalue weighted by molar-refractivity contribution is 5.99. The summed E-state index contributed by atoms with van der Waals surface area (Å²) >= 11 is 0. The van der Waals surface area contributed by atoms with Crippen molar-refractivity contribution in [3.05, 3.63) is 58.1 Å². The van der Waals surface area contributed by atoms with E-state index in [9.17, 15) is 14.9 Å². The number of fused-ring (bicyclic) bond motifs is 1. The van der Waals surface area contributed by atoms with Crippen molar-refractivity contribution in [2.24, 2.45) is 0 Å². The Morgan fingerprint density at radius 3 is 2.52 bits per heavy atom. The molecular formula is C15H11NO5. The van der Waals surface area contributed by atoms with E-state index in [-0.39, 0.29) is 11.5 Å². The molecule has 0 atom stereocenters. The first-order chi connectivity index (χ1) is 10.1. The fraction of sp³-hybridized carbons (Fsp3) is 0.133. The standard InChI is InChI=1S/C15H11NO5/c17-14-7-8-20-15-9-12(5-6-13(14)15)21-11-3-1-10(2-4-11)16(18)19/h1-6,9H,7-8H2. The fourth-order valence-electron chi connectivity index (χ4n) is 2.08. The first-order valence-electron chi connectivity index (χ1n) is 6.36. The highest BCUT2D eigenvalue weighted by atomic mass is 16.6. The average Bonchev–Trinajstić information content (AvgIpc) is 2.48. The van der Waals surface area contributed by atoms with Crippen molar-refractivity contribution >= 4 is 11.5 Å². The molecule has 1 aliphatic rings. The van der Waals surface area contributed by atoms with E-state index in [0.717, 1.165) is 0 Å². The number of nitro benzene ring substituents is 1. The molecule has 0 amide bonds. The molecule has 2 aromatic carbocycles. The Kier molecular flexibility index (Phi) is 3.27. The van der Waals surface area contributed by atoms with Gasteiger partial charge in [0.2, 0.25) is 0 Å². The third-order valence-corrected chi connectivity index (χ3v) is 3.12. The number of Topliss-reactive ketones (excluding diaryl/α,β-unsaturated/α-hetero) is 1. The third-order valence-electron chi connectivity index (χ3n) is 3.12. The molecule has 3 rings (SSSR count). The van der Waals surface area contributed by atoms with E-state index in [1.807, 2.05) is 0 Å². The molecule has 0 radical (unpaired) electrons. The van der Waals surface area contributed by atoms with Gasteiger partial charge in [0.1, 0.15) is 17.2 Å². The van der Waals surface area contributed by atoms with Crippen LogP contribution in [-0.2, 0) is 0 Å². The molecule has 0 aliphatic carbocycles. The highest BCUT2D eigenvalue weighted by Crippen LogP contribution is 2.31. The zero-order valence-corrected chi connectivity index (χ0v) is 10.9. The van der Waals surface area contributed by atoms with Crippen LogP contribution in [0.5, 0.6) is 17.2 Å². The lowest BCUT2D eigenvalue weighted by atomic mass is 10.1. The van der Waals surface area contributed by atoms with E-state index in [2.05, 4.69) is 0 Å². The van der Waals surface area contributed by atoms with Gasteiger partial charge in [-0.25, -0.2) is 0 Å². The Balaban J connectivity index is 1.82. The Morgan fingerprint density at radius 1 is 1.10 bits per heavy atom. The average molecular weight is 285 g/mol. The summed E-state index contributed by atoms with van der Waals surface area (Å²) < 4.78 is 11.0. The summed E-state index contributed by atoms with van der Waals surface area (Å²) in [5.41, 5.74) is 0.555. The molecular weight excluding hydrogens is 274 g/mol.